The molecular weight excluding hydrogens is 448 g/mol. The Balaban J connectivity index is 1.71. The summed E-state index contributed by atoms with van der Waals surface area (Å²) in [5.74, 6) is -3.22. The highest BCUT2D eigenvalue weighted by molar-refractivity contribution is 6.11. The van der Waals surface area contributed by atoms with E-state index in [0.717, 1.165) is 12.1 Å². The molecule has 1 heterocycles. The minimum Gasteiger partial charge on any atom is -0.343 e. The number of alkyl halides is 3. The summed E-state index contributed by atoms with van der Waals surface area (Å²) in [6, 6.07) is 9.36. The van der Waals surface area contributed by atoms with Crippen LogP contribution in [0.4, 0.5) is 28.0 Å². The normalized spacial score (nSPS) is 18.2. The van der Waals surface area contributed by atoms with Crippen LogP contribution < -0.4 is 16.0 Å². The minimum atomic E-state index is -4.62. The maximum absolute atomic E-state index is 13.2. The van der Waals surface area contributed by atoms with Gasteiger partial charge in [0.15, 0.2) is 0 Å². The number of nitrogens with zero attached hydrogens (tertiary/aromatic N) is 1. The van der Waals surface area contributed by atoms with Crippen LogP contribution in [-0.4, -0.2) is 47.9 Å². The van der Waals surface area contributed by atoms with Crippen LogP contribution in [-0.2, 0) is 15.1 Å². The average molecular weight is 466 g/mol. The van der Waals surface area contributed by atoms with Gasteiger partial charge < -0.3 is 16.0 Å². The summed E-state index contributed by atoms with van der Waals surface area (Å²) in [7, 11) is 0. The van der Waals surface area contributed by atoms with Crippen LogP contribution in [0.25, 0.3) is 0 Å². The highest BCUT2D eigenvalue weighted by Crippen LogP contribution is 2.29. The Morgan fingerprint density at radius 2 is 1.70 bits per heavy atom. The number of imide groups is 1. The van der Waals surface area contributed by atoms with E-state index in [1.54, 1.807) is 5.32 Å². The molecule has 174 valence electrons. The van der Waals surface area contributed by atoms with Crippen LogP contribution >= 0.6 is 0 Å². The topological polar surface area (TPSA) is 108 Å². The maximum Gasteiger partial charge on any atom is 0.405 e. The molecule has 3 rings (SSSR count). The third-order valence-corrected chi connectivity index (χ3v) is 4.89. The van der Waals surface area contributed by atoms with Crippen LogP contribution in [0, 0.1) is 5.82 Å². The second kappa shape index (κ2) is 8.88. The predicted molar refractivity (Wildman–Crippen MR) is 107 cm³/mol. The Morgan fingerprint density at radius 3 is 2.33 bits per heavy atom. The monoisotopic (exact) mass is 466 g/mol. The molecule has 0 radical (unpaired) electrons. The lowest BCUT2D eigenvalue weighted by Gasteiger charge is -2.22. The van der Waals surface area contributed by atoms with Gasteiger partial charge in [0.05, 0.1) is 11.3 Å². The van der Waals surface area contributed by atoms with Crippen molar-refractivity contribution >= 4 is 29.4 Å². The zero-order valence-electron chi connectivity index (χ0n) is 17.1. The Hall–Kier alpha value is -3.96. The molecule has 0 bridgehead atoms. The number of carbonyl (C=O) groups excluding carboxylic acids is 4. The number of nitrogens with one attached hydrogen (secondary N) is 3. The summed E-state index contributed by atoms with van der Waals surface area (Å²) in [6.45, 7) is -0.878. The molecule has 1 saturated heterocycles. The van der Waals surface area contributed by atoms with Crippen molar-refractivity contribution in [3.05, 3.63) is 65.5 Å². The fourth-order valence-corrected chi connectivity index (χ4v) is 3.22. The first-order valence-electron chi connectivity index (χ1n) is 9.55. The first-order valence-corrected chi connectivity index (χ1v) is 9.55. The SMILES string of the molecule is CC1(c2ccc(F)cc2)NC(=O)N(CC(=O)Nc2ccccc2C(=O)NCC(F)(F)F)C1=O. The van der Waals surface area contributed by atoms with E-state index in [9.17, 15) is 36.7 Å². The van der Waals surface area contributed by atoms with Gasteiger partial charge in [0, 0.05) is 0 Å². The van der Waals surface area contributed by atoms with Gasteiger partial charge in [-0.25, -0.2) is 9.18 Å². The van der Waals surface area contributed by atoms with Gasteiger partial charge >= 0.3 is 12.2 Å². The van der Waals surface area contributed by atoms with Gasteiger partial charge in [0.1, 0.15) is 24.4 Å². The second-order valence-corrected chi connectivity index (χ2v) is 7.34. The third kappa shape index (κ3) is 5.27. The maximum atomic E-state index is 13.2. The molecule has 0 aliphatic carbocycles. The van der Waals surface area contributed by atoms with E-state index in [2.05, 4.69) is 10.6 Å². The molecule has 1 aliphatic rings. The summed E-state index contributed by atoms with van der Waals surface area (Å²) in [4.78, 5) is 50.4. The van der Waals surface area contributed by atoms with Gasteiger partial charge in [-0.1, -0.05) is 24.3 Å². The van der Waals surface area contributed by atoms with Crippen LogP contribution in [0.3, 0.4) is 0 Å². The Morgan fingerprint density at radius 1 is 1.06 bits per heavy atom. The van der Waals surface area contributed by atoms with Crippen LogP contribution in [0.5, 0.6) is 0 Å². The zero-order valence-corrected chi connectivity index (χ0v) is 17.1. The minimum absolute atomic E-state index is 0.101. The molecule has 0 spiro atoms. The summed E-state index contributed by atoms with van der Waals surface area (Å²) in [5, 5.41) is 6.49. The van der Waals surface area contributed by atoms with Crippen LogP contribution in [0.15, 0.2) is 48.5 Å². The number of anilines is 1. The smallest absolute Gasteiger partial charge is 0.343 e. The lowest BCUT2D eigenvalue weighted by Crippen LogP contribution is -2.42. The quantitative estimate of drug-likeness (QED) is 0.449. The molecule has 0 saturated carbocycles. The van der Waals surface area contributed by atoms with Gasteiger partial charge in [0.2, 0.25) is 5.91 Å². The summed E-state index contributed by atoms with van der Waals surface area (Å²) >= 11 is 0. The molecule has 33 heavy (non-hydrogen) atoms. The largest absolute Gasteiger partial charge is 0.405 e. The van der Waals surface area contributed by atoms with Crippen molar-refractivity contribution in [1.82, 2.24) is 15.5 Å². The lowest BCUT2D eigenvalue weighted by atomic mass is 9.92. The van der Waals surface area contributed by atoms with Crippen molar-refractivity contribution in [3.8, 4) is 0 Å². The number of urea groups is 1. The zero-order chi connectivity index (χ0) is 24.4. The van der Waals surface area contributed by atoms with Gasteiger partial charge in [-0.2, -0.15) is 13.2 Å². The summed E-state index contributed by atoms with van der Waals surface area (Å²) < 4.78 is 50.3. The molecular formula is C21H18F4N4O4. The van der Waals surface area contributed by atoms with Crippen molar-refractivity contribution in [2.45, 2.75) is 18.6 Å². The molecule has 2 aromatic rings. The van der Waals surface area contributed by atoms with E-state index >= 15 is 0 Å². The van der Waals surface area contributed by atoms with E-state index in [0.29, 0.717) is 10.5 Å². The van der Waals surface area contributed by atoms with Crippen molar-refractivity contribution in [3.63, 3.8) is 0 Å². The molecule has 5 amide bonds. The van der Waals surface area contributed by atoms with E-state index in [1.165, 1.54) is 43.3 Å². The van der Waals surface area contributed by atoms with Crippen molar-refractivity contribution < 1.29 is 36.7 Å². The van der Waals surface area contributed by atoms with E-state index in [1.807, 2.05) is 0 Å². The van der Waals surface area contributed by atoms with E-state index in [4.69, 9.17) is 0 Å². The van der Waals surface area contributed by atoms with Crippen molar-refractivity contribution in [2.75, 3.05) is 18.4 Å². The predicted octanol–water partition coefficient (Wildman–Crippen LogP) is 2.52. The standard InChI is InChI=1S/C21H18F4N4O4/c1-20(12-6-8-13(22)9-7-12)18(32)29(19(33)28-20)10-16(30)27-15-5-3-2-4-14(15)17(31)26-11-21(23,24)25/h2-9H,10-11H2,1H3,(H,26,31)(H,27,30)(H,28,33). The first-order chi connectivity index (χ1) is 15.4. The molecule has 8 nitrogen and oxygen atoms in total. The molecule has 1 fully saturated rings. The van der Waals surface area contributed by atoms with Gasteiger partial charge in [-0.3, -0.25) is 19.3 Å². The molecule has 2 aromatic carbocycles. The highest BCUT2D eigenvalue weighted by Gasteiger charge is 2.49. The van der Waals surface area contributed by atoms with Crippen LogP contribution in [0.1, 0.15) is 22.8 Å². The Bertz CT molecular complexity index is 1100. The third-order valence-electron chi connectivity index (χ3n) is 4.89. The van der Waals surface area contributed by atoms with E-state index in [-0.39, 0.29) is 11.3 Å². The Labute approximate surface area is 184 Å². The lowest BCUT2D eigenvalue weighted by molar-refractivity contribution is -0.133. The number of halogens is 4. The molecule has 1 aliphatic heterocycles. The number of para-hydroxylation sites is 1. The van der Waals surface area contributed by atoms with Gasteiger partial charge in [-0.15, -0.1) is 0 Å². The number of carbonyl (C=O) groups is 4. The first kappa shape index (κ1) is 23.7. The highest BCUT2D eigenvalue weighted by atomic mass is 19.4. The van der Waals surface area contributed by atoms with Gasteiger partial charge in [0.25, 0.3) is 11.8 Å². The van der Waals surface area contributed by atoms with Crippen molar-refractivity contribution in [1.29, 1.82) is 0 Å². The number of hydrogen-bond donors (Lipinski definition) is 3. The Kier molecular flexibility index (Phi) is 6.38. The second-order valence-electron chi connectivity index (χ2n) is 7.34. The van der Waals surface area contributed by atoms with Gasteiger partial charge in [-0.05, 0) is 36.8 Å². The fraction of sp³-hybridized carbons (Fsp3) is 0.238. The summed E-state index contributed by atoms with van der Waals surface area (Å²) in [5.41, 5.74) is -1.56. The number of amides is 5. The fourth-order valence-electron chi connectivity index (χ4n) is 3.22. The molecule has 1 unspecified atom stereocenters. The number of rotatable bonds is 6. The summed E-state index contributed by atoms with van der Waals surface area (Å²) in [6.07, 6.45) is -4.62. The molecule has 3 N–H and O–H groups in total. The average Bonchev–Trinajstić information content (AvgIpc) is 2.96. The molecule has 12 heteroatoms. The van der Waals surface area contributed by atoms with E-state index < -0.39 is 54.4 Å². The van der Waals surface area contributed by atoms with Crippen LogP contribution in [0.2, 0.25) is 0 Å². The number of benzene rings is 2. The molecule has 1 atom stereocenters. The number of hydrogen-bond acceptors (Lipinski definition) is 4. The molecule has 0 aromatic heterocycles. The van der Waals surface area contributed by atoms with Crippen molar-refractivity contribution in [2.24, 2.45) is 0 Å².